The van der Waals surface area contributed by atoms with Crippen LogP contribution >= 0.6 is 0 Å². The highest BCUT2D eigenvalue weighted by atomic mass is 19.1. The van der Waals surface area contributed by atoms with Crippen LogP contribution in [0, 0.1) is 11.7 Å². The number of aliphatic carboxylic acids is 1. The van der Waals surface area contributed by atoms with Gasteiger partial charge < -0.3 is 9.84 Å². The maximum Gasteiger partial charge on any atom is 0.306 e. The highest BCUT2D eigenvalue weighted by Crippen LogP contribution is 2.27. The van der Waals surface area contributed by atoms with E-state index in [1.165, 1.54) is 18.3 Å². The van der Waals surface area contributed by atoms with Crippen molar-refractivity contribution < 1.29 is 19.0 Å². The Balaban J connectivity index is 1.90. The van der Waals surface area contributed by atoms with Gasteiger partial charge in [0.15, 0.2) is 5.82 Å². The Morgan fingerprint density at radius 2 is 2.12 bits per heavy atom. The first-order chi connectivity index (χ1) is 8.16. The van der Waals surface area contributed by atoms with E-state index in [-0.39, 0.29) is 17.9 Å². The first kappa shape index (κ1) is 11.8. The third kappa shape index (κ3) is 2.93. The summed E-state index contributed by atoms with van der Waals surface area (Å²) in [6.45, 7) is 0. The molecule has 1 aliphatic carbocycles. The molecule has 1 fully saturated rings. The minimum Gasteiger partial charge on any atom is -0.481 e. The van der Waals surface area contributed by atoms with Gasteiger partial charge in [-0.25, -0.2) is 9.37 Å². The second kappa shape index (κ2) is 5.12. The monoisotopic (exact) mass is 239 g/mol. The highest BCUT2D eigenvalue weighted by Gasteiger charge is 2.27. The fourth-order valence-corrected chi connectivity index (χ4v) is 2.04. The van der Waals surface area contributed by atoms with E-state index in [0.717, 1.165) is 0 Å². The molecule has 1 N–H and O–H groups in total. The van der Waals surface area contributed by atoms with Crippen molar-refractivity contribution in [1.29, 1.82) is 0 Å². The van der Waals surface area contributed by atoms with Gasteiger partial charge in [-0.1, -0.05) is 0 Å². The second-order valence-corrected chi connectivity index (χ2v) is 4.22. The summed E-state index contributed by atoms with van der Waals surface area (Å²) in [6, 6.07) is 2.80. The number of aromatic nitrogens is 1. The van der Waals surface area contributed by atoms with E-state index < -0.39 is 11.8 Å². The topological polar surface area (TPSA) is 59.4 Å². The van der Waals surface area contributed by atoms with Crippen molar-refractivity contribution in [2.24, 2.45) is 5.92 Å². The number of pyridine rings is 1. The third-order valence-electron chi connectivity index (χ3n) is 3.03. The van der Waals surface area contributed by atoms with Gasteiger partial charge in [0, 0.05) is 6.20 Å². The van der Waals surface area contributed by atoms with E-state index in [4.69, 9.17) is 9.84 Å². The minimum atomic E-state index is -0.757. The number of rotatable bonds is 3. The van der Waals surface area contributed by atoms with Gasteiger partial charge in [0.05, 0.1) is 5.92 Å². The van der Waals surface area contributed by atoms with E-state index in [1.54, 1.807) is 0 Å². The molecule has 0 aromatic carbocycles. The molecule has 1 aromatic rings. The molecule has 1 saturated carbocycles. The molecule has 0 bridgehead atoms. The van der Waals surface area contributed by atoms with Gasteiger partial charge in [0.2, 0.25) is 0 Å². The first-order valence-corrected chi connectivity index (χ1v) is 5.67. The fraction of sp³-hybridized carbons (Fsp3) is 0.500. The summed E-state index contributed by atoms with van der Waals surface area (Å²) in [5.74, 6) is -1.52. The molecule has 0 unspecified atom stereocenters. The molecule has 1 aromatic heterocycles. The van der Waals surface area contributed by atoms with Crippen LogP contribution in [0.1, 0.15) is 25.7 Å². The Morgan fingerprint density at radius 3 is 2.71 bits per heavy atom. The zero-order chi connectivity index (χ0) is 12.3. The maximum absolute atomic E-state index is 13.3. The molecule has 0 atom stereocenters. The summed E-state index contributed by atoms with van der Waals surface area (Å²) in [4.78, 5) is 14.6. The third-order valence-corrected chi connectivity index (χ3v) is 3.03. The number of carbonyl (C=O) groups is 1. The summed E-state index contributed by atoms with van der Waals surface area (Å²) in [6.07, 6.45) is 3.76. The van der Waals surface area contributed by atoms with Crippen molar-refractivity contribution in [3.05, 3.63) is 24.1 Å². The van der Waals surface area contributed by atoms with Crippen LogP contribution in [0.3, 0.4) is 0 Å². The Bertz CT molecular complexity index is 402. The molecular formula is C12H14FNO3. The van der Waals surface area contributed by atoms with Crippen LogP contribution in [0.5, 0.6) is 5.88 Å². The van der Waals surface area contributed by atoms with Crippen LogP contribution in [0.15, 0.2) is 18.3 Å². The molecule has 0 radical (unpaired) electrons. The number of nitrogens with zero attached hydrogens (tertiary/aromatic N) is 1. The predicted molar refractivity (Wildman–Crippen MR) is 58.2 cm³/mol. The molecule has 4 nitrogen and oxygen atoms in total. The minimum absolute atomic E-state index is 0.00581. The fourth-order valence-electron chi connectivity index (χ4n) is 2.04. The van der Waals surface area contributed by atoms with Crippen LogP contribution in [0.4, 0.5) is 4.39 Å². The van der Waals surface area contributed by atoms with Gasteiger partial charge in [-0.15, -0.1) is 0 Å². The molecule has 0 amide bonds. The van der Waals surface area contributed by atoms with Crippen LogP contribution in [-0.2, 0) is 4.79 Å². The van der Waals surface area contributed by atoms with Gasteiger partial charge in [0.25, 0.3) is 5.88 Å². The lowest BCUT2D eigenvalue weighted by atomic mass is 9.87. The molecule has 2 rings (SSSR count). The summed E-state index contributed by atoms with van der Waals surface area (Å²) in [5, 5.41) is 8.85. The summed E-state index contributed by atoms with van der Waals surface area (Å²) >= 11 is 0. The molecule has 5 heteroatoms. The molecule has 0 aliphatic heterocycles. The smallest absolute Gasteiger partial charge is 0.306 e. The average molecular weight is 239 g/mol. The summed E-state index contributed by atoms with van der Waals surface area (Å²) in [7, 11) is 0. The molecular weight excluding hydrogens is 225 g/mol. The number of carboxylic acids is 1. The first-order valence-electron chi connectivity index (χ1n) is 5.67. The maximum atomic E-state index is 13.3. The summed E-state index contributed by atoms with van der Waals surface area (Å²) < 4.78 is 18.7. The van der Waals surface area contributed by atoms with Gasteiger partial charge in [-0.05, 0) is 37.8 Å². The predicted octanol–water partition coefficient (Wildman–Crippen LogP) is 2.24. The number of hydrogen-bond donors (Lipinski definition) is 1. The lowest BCUT2D eigenvalue weighted by molar-refractivity contribution is -0.143. The normalized spacial score (nSPS) is 24.3. The molecule has 1 heterocycles. The zero-order valence-electron chi connectivity index (χ0n) is 9.30. The highest BCUT2D eigenvalue weighted by molar-refractivity contribution is 5.70. The van der Waals surface area contributed by atoms with Crippen molar-refractivity contribution in [1.82, 2.24) is 4.98 Å². The molecule has 17 heavy (non-hydrogen) atoms. The van der Waals surface area contributed by atoms with Gasteiger partial charge in [-0.2, -0.15) is 0 Å². The Kier molecular flexibility index (Phi) is 3.56. The largest absolute Gasteiger partial charge is 0.481 e. The van der Waals surface area contributed by atoms with E-state index in [9.17, 15) is 9.18 Å². The van der Waals surface area contributed by atoms with E-state index >= 15 is 0 Å². The number of ether oxygens (including phenoxy) is 1. The SMILES string of the molecule is O=C(O)[C@H]1CC[C@H](Oc2ncccc2F)CC1. The Morgan fingerprint density at radius 1 is 1.41 bits per heavy atom. The quantitative estimate of drug-likeness (QED) is 0.878. The number of hydrogen-bond acceptors (Lipinski definition) is 3. The van der Waals surface area contributed by atoms with Crippen molar-refractivity contribution in [2.75, 3.05) is 0 Å². The van der Waals surface area contributed by atoms with Crippen molar-refractivity contribution in [2.45, 2.75) is 31.8 Å². The van der Waals surface area contributed by atoms with Gasteiger partial charge >= 0.3 is 5.97 Å². The molecule has 92 valence electrons. The Hall–Kier alpha value is -1.65. The Labute approximate surface area is 98.4 Å². The van der Waals surface area contributed by atoms with Crippen molar-refractivity contribution >= 4 is 5.97 Å². The lowest BCUT2D eigenvalue weighted by Crippen LogP contribution is -2.28. The van der Waals surface area contributed by atoms with Gasteiger partial charge in [-0.3, -0.25) is 4.79 Å². The van der Waals surface area contributed by atoms with Crippen LogP contribution < -0.4 is 4.74 Å². The standard InChI is InChI=1S/C12H14FNO3/c13-10-2-1-7-14-11(10)17-9-5-3-8(4-6-9)12(15)16/h1-2,7-9H,3-6H2,(H,15,16)/t8-,9-. The number of carboxylic acid groups (broad SMARTS) is 1. The van der Waals surface area contributed by atoms with Crippen molar-refractivity contribution in [3.8, 4) is 5.88 Å². The summed E-state index contributed by atoms with van der Waals surface area (Å²) in [5.41, 5.74) is 0. The molecule has 1 aliphatic rings. The second-order valence-electron chi connectivity index (χ2n) is 4.22. The van der Waals surface area contributed by atoms with E-state index in [0.29, 0.717) is 25.7 Å². The van der Waals surface area contributed by atoms with Crippen molar-refractivity contribution in [3.63, 3.8) is 0 Å². The van der Waals surface area contributed by atoms with Crippen LogP contribution in [-0.4, -0.2) is 22.2 Å². The van der Waals surface area contributed by atoms with Gasteiger partial charge in [0.1, 0.15) is 6.10 Å². The number of halogens is 1. The van der Waals surface area contributed by atoms with E-state index in [2.05, 4.69) is 4.98 Å². The average Bonchev–Trinajstić information content (AvgIpc) is 2.33. The lowest BCUT2D eigenvalue weighted by Gasteiger charge is -2.26. The van der Waals surface area contributed by atoms with E-state index in [1.807, 2.05) is 0 Å². The van der Waals surface area contributed by atoms with Crippen LogP contribution in [0.2, 0.25) is 0 Å². The molecule has 0 saturated heterocycles. The zero-order valence-corrected chi connectivity index (χ0v) is 9.30. The van der Waals surface area contributed by atoms with Crippen LogP contribution in [0.25, 0.3) is 0 Å². The molecule has 0 spiro atoms.